The van der Waals surface area contributed by atoms with E-state index < -0.39 is 5.54 Å². The van der Waals surface area contributed by atoms with Gasteiger partial charge in [0.05, 0.1) is 5.54 Å². The van der Waals surface area contributed by atoms with Gasteiger partial charge in [-0.25, -0.2) is 0 Å². The minimum absolute atomic E-state index is 0.0642. The number of carbonyl (C=O) groups excluding carboxylic acids is 5. The molecule has 0 aromatic heterocycles. The van der Waals surface area contributed by atoms with Crippen LogP contribution in [0.2, 0.25) is 0 Å². The second kappa shape index (κ2) is 22.5. The highest BCUT2D eigenvalue weighted by Gasteiger charge is 2.30. The van der Waals surface area contributed by atoms with Gasteiger partial charge in [-0.05, 0) is 32.4 Å². The van der Waals surface area contributed by atoms with E-state index in [1.165, 1.54) is 12.2 Å². The molecule has 2 aliphatic heterocycles. The molecular weight excluding hydrogens is 568 g/mol. The molecule has 0 radical (unpaired) electrons. The molecule has 0 aromatic rings. The Morgan fingerprint density at radius 1 is 0.727 bits per heavy atom. The molecule has 0 bridgehead atoms. The normalized spacial score (nSPS) is 18.1. The fourth-order valence-corrected chi connectivity index (χ4v) is 4.91. The van der Waals surface area contributed by atoms with Crippen LogP contribution in [0.1, 0.15) is 39.0 Å². The van der Waals surface area contributed by atoms with E-state index in [1.54, 1.807) is 6.92 Å². The van der Waals surface area contributed by atoms with Crippen molar-refractivity contribution in [1.29, 1.82) is 0 Å². The molecule has 15 heteroatoms. The molecule has 1 saturated heterocycles. The van der Waals surface area contributed by atoms with Crippen molar-refractivity contribution in [2.24, 2.45) is 0 Å². The van der Waals surface area contributed by atoms with E-state index in [1.807, 2.05) is 0 Å². The van der Waals surface area contributed by atoms with Crippen molar-refractivity contribution < 1.29 is 24.0 Å². The Hall–Kier alpha value is -2.95. The highest BCUT2D eigenvalue weighted by Crippen LogP contribution is 2.04. The van der Waals surface area contributed by atoms with Crippen LogP contribution in [0.4, 0.5) is 0 Å². The lowest BCUT2D eigenvalue weighted by Crippen LogP contribution is -2.65. The first-order valence-electron chi connectivity index (χ1n) is 15.9. The first-order valence-corrected chi connectivity index (χ1v) is 15.9. The minimum Gasteiger partial charge on any atom is -0.356 e. The van der Waals surface area contributed by atoms with Gasteiger partial charge < -0.3 is 47.9 Å². The Balaban J connectivity index is 1.53. The van der Waals surface area contributed by atoms with Crippen LogP contribution in [0.3, 0.4) is 0 Å². The SMILES string of the molecule is CC(=O)NC1(CNCCNCCNC(=O)CCCC(=O)NCCCN2C(=O)C=CC2=O)CNCCNCCCNCCNC1. The van der Waals surface area contributed by atoms with Gasteiger partial charge in [-0.15, -0.1) is 0 Å². The Bertz CT molecular complexity index is 900. The number of nitrogens with one attached hydrogen (secondary N) is 9. The standard InChI is InChI=1S/C29H54N10O5/c1-24(40)38-29(21-33-15-12-30-9-3-10-31-13-16-34-22-29)23-35-17-14-32-18-19-37-26(42)6-2-5-25(41)36-11-4-20-39-27(43)7-8-28(39)44/h7-8,30-35H,2-6,9-23H2,1H3,(H,36,41)(H,37,42)(H,38,40). The predicted octanol–water partition coefficient (Wildman–Crippen LogP) is -3.48. The number of hydrogen-bond donors (Lipinski definition) is 9. The predicted molar refractivity (Wildman–Crippen MR) is 169 cm³/mol. The van der Waals surface area contributed by atoms with Gasteiger partial charge in [-0.3, -0.25) is 28.9 Å². The van der Waals surface area contributed by atoms with Crippen molar-refractivity contribution in [3.8, 4) is 0 Å². The summed E-state index contributed by atoms with van der Waals surface area (Å²) in [5.74, 6) is -0.986. The smallest absolute Gasteiger partial charge is 0.253 e. The number of nitrogens with zero attached hydrogens (tertiary/aromatic N) is 1. The summed E-state index contributed by atoms with van der Waals surface area (Å²) >= 11 is 0. The van der Waals surface area contributed by atoms with Gasteiger partial charge in [-0.2, -0.15) is 0 Å². The van der Waals surface area contributed by atoms with Gasteiger partial charge in [0.1, 0.15) is 0 Å². The molecule has 44 heavy (non-hydrogen) atoms. The number of amides is 5. The molecule has 0 spiro atoms. The first kappa shape index (κ1) is 37.2. The maximum atomic E-state index is 12.1. The lowest BCUT2D eigenvalue weighted by atomic mass is 9.98. The zero-order valence-corrected chi connectivity index (χ0v) is 26.3. The fourth-order valence-electron chi connectivity index (χ4n) is 4.91. The molecule has 2 aliphatic rings. The molecule has 0 aliphatic carbocycles. The van der Waals surface area contributed by atoms with Crippen LogP contribution in [0, 0.1) is 0 Å². The molecule has 2 heterocycles. The molecule has 250 valence electrons. The average Bonchev–Trinajstić information content (AvgIpc) is 3.30. The van der Waals surface area contributed by atoms with Crippen molar-refractivity contribution in [3.63, 3.8) is 0 Å². The summed E-state index contributed by atoms with van der Waals surface area (Å²) in [7, 11) is 0. The highest BCUT2D eigenvalue weighted by atomic mass is 16.2. The lowest BCUT2D eigenvalue weighted by molar-refractivity contribution is -0.136. The van der Waals surface area contributed by atoms with E-state index >= 15 is 0 Å². The van der Waals surface area contributed by atoms with E-state index in [4.69, 9.17) is 0 Å². The van der Waals surface area contributed by atoms with Gasteiger partial charge in [0, 0.05) is 117 Å². The topological polar surface area (TPSA) is 197 Å². The van der Waals surface area contributed by atoms with E-state index in [0.717, 1.165) is 50.6 Å². The average molecular weight is 623 g/mol. The van der Waals surface area contributed by atoms with E-state index in [-0.39, 0.29) is 48.9 Å². The van der Waals surface area contributed by atoms with E-state index in [9.17, 15) is 24.0 Å². The van der Waals surface area contributed by atoms with Crippen molar-refractivity contribution in [2.45, 2.75) is 44.6 Å². The Labute approximate surface area is 261 Å². The summed E-state index contributed by atoms with van der Waals surface area (Å²) in [6.07, 6.45) is 4.99. The molecule has 5 amide bonds. The van der Waals surface area contributed by atoms with Crippen LogP contribution in [-0.4, -0.2) is 138 Å². The fraction of sp³-hybridized carbons (Fsp3) is 0.759. The second-order valence-electron chi connectivity index (χ2n) is 11.2. The van der Waals surface area contributed by atoms with Crippen LogP contribution in [0.25, 0.3) is 0 Å². The Morgan fingerprint density at radius 2 is 1.27 bits per heavy atom. The summed E-state index contributed by atoms with van der Waals surface area (Å²) in [5.41, 5.74) is -0.465. The summed E-state index contributed by atoms with van der Waals surface area (Å²) in [4.78, 5) is 60.3. The van der Waals surface area contributed by atoms with Crippen LogP contribution in [-0.2, 0) is 24.0 Å². The van der Waals surface area contributed by atoms with Crippen LogP contribution >= 0.6 is 0 Å². The molecule has 2 rings (SSSR count). The maximum Gasteiger partial charge on any atom is 0.253 e. The van der Waals surface area contributed by atoms with Crippen molar-refractivity contribution in [3.05, 3.63) is 12.2 Å². The first-order chi connectivity index (χ1) is 21.3. The van der Waals surface area contributed by atoms with E-state index in [0.29, 0.717) is 65.2 Å². The second-order valence-corrected chi connectivity index (χ2v) is 11.2. The molecular formula is C29H54N10O5. The van der Waals surface area contributed by atoms with Crippen molar-refractivity contribution in [2.75, 3.05) is 98.2 Å². The maximum absolute atomic E-state index is 12.1. The summed E-state index contributed by atoms with van der Waals surface area (Å²) in [6, 6.07) is 0. The van der Waals surface area contributed by atoms with Crippen molar-refractivity contribution >= 4 is 29.5 Å². The molecule has 0 unspecified atom stereocenters. The van der Waals surface area contributed by atoms with Gasteiger partial charge in [0.15, 0.2) is 0 Å². The number of carbonyl (C=O) groups is 5. The molecule has 0 saturated carbocycles. The summed E-state index contributed by atoms with van der Waals surface area (Å²) < 4.78 is 0. The molecule has 9 N–H and O–H groups in total. The quantitative estimate of drug-likeness (QED) is 0.0577. The van der Waals surface area contributed by atoms with Gasteiger partial charge in [-0.1, -0.05) is 0 Å². The van der Waals surface area contributed by atoms with Gasteiger partial charge >= 0.3 is 0 Å². The summed E-state index contributed by atoms with van der Waals surface area (Å²) in [6.45, 7) is 11.9. The third-order valence-corrected chi connectivity index (χ3v) is 7.19. The molecule has 1 fully saturated rings. The molecule has 15 nitrogen and oxygen atoms in total. The molecule has 0 atom stereocenters. The van der Waals surface area contributed by atoms with E-state index in [2.05, 4.69) is 47.9 Å². The number of hydrogen-bond acceptors (Lipinski definition) is 11. The molecule has 0 aromatic carbocycles. The highest BCUT2D eigenvalue weighted by molar-refractivity contribution is 6.12. The van der Waals surface area contributed by atoms with Gasteiger partial charge in [0.25, 0.3) is 11.8 Å². The van der Waals surface area contributed by atoms with Gasteiger partial charge in [0.2, 0.25) is 17.7 Å². The Kier molecular flexibility index (Phi) is 19.1. The number of rotatable bonds is 17. The van der Waals surface area contributed by atoms with Crippen LogP contribution in [0.15, 0.2) is 12.2 Å². The third-order valence-electron chi connectivity index (χ3n) is 7.19. The largest absolute Gasteiger partial charge is 0.356 e. The number of imide groups is 1. The van der Waals surface area contributed by atoms with Crippen LogP contribution in [0.5, 0.6) is 0 Å². The lowest BCUT2D eigenvalue weighted by Gasteiger charge is -2.36. The zero-order valence-electron chi connectivity index (χ0n) is 26.3. The monoisotopic (exact) mass is 622 g/mol. The minimum atomic E-state index is -0.465. The zero-order chi connectivity index (χ0) is 31.9. The Morgan fingerprint density at radius 3 is 1.89 bits per heavy atom. The summed E-state index contributed by atoms with van der Waals surface area (Å²) in [5, 5.41) is 29.4. The van der Waals surface area contributed by atoms with Crippen molar-refractivity contribution in [1.82, 2.24) is 52.8 Å². The van der Waals surface area contributed by atoms with Crippen LogP contribution < -0.4 is 47.9 Å². The third kappa shape index (κ3) is 16.8.